The molecule has 8 heteroatoms. The Bertz CT molecular complexity index is 961. The number of hydrogen-bond donors (Lipinski definition) is 1. The molecule has 1 fully saturated rings. The first-order valence-corrected chi connectivity index (χ1v) is 10.5. The molecule has 2 aromatic rings. The van der Waals surface area contributed by atoms with E-state index in [4.69, 9.17) is 4.74 Å². The van der Waals surface area contributed by atoms with Gasteiger partial charge in [0.15, 0.2) is 9.84 Å². The molecule has 0 bridgehead atoms. The van der Waals surface area contributed by atoms with Gasteiger partial charge in [-0.3, -0.25) is 0 Å². The topological polar surface area (TPSA) is 84.4 Å². The van der Waals surface area contributed by atoms with Crippen molar-refractivity contribution in [1.29, 1.82) is 0 Å². The zero-order chi connectivity index (χ0) is 18.5. The van der Waals surface area contributed by atoms with Gasteiger partial charge in [0.1, 0.15) is 29.8 Å². The Morgan fingerprint density at radius 3 is 2.65 bits per heavy atom. The number of aryl methyl sites for hydroxylation is 2. The van der Waals surface area contributed by atoms with Crippen LogP contribution in [-0.2, 0) is 9.84 Å². The molecular weight excluding hydrogens is 352 g/mol. The Labute approximate surface area is 153 Å². The van der Waals surface area contributed by atoms with Crippen molar-refractivity contribution in [2.45, 2.75) is 26.9 Å². The second-order valence-electron chi connectivity index (χ2n) is 6.94. The summed E-state index contributed by atoms with van der Waals surface area (Å²) in [5, 5.41) is 3.39. The maximum absolute atomic E-state index is 11.8. The number of nitrogens with zero attached hydrogens (tertiary/aromatic N) is 3. The second kappa shape index (κ2) is 6.12. The lowest BCUT2D eigenvalue weighted by Gasteiger charge is -2.30. The predicted octanol–water partition coefficient (Wildman–Crippen LogP) is 2.53. The fourth-order valence-corrected chi connectivity index (χ4v) is 4.80. The van der Waals surface area contributed by atoms with Crippen molar-refractivity contribution in [3.8, 4) is 5.75 Å². The van der Waals surface area contributed by atoms with Gasteiger partial charge in [-0.25, -0.2) is 18.4 Å². The lowest BCUT2D eigenvalue weighted by atomic mass is 10.1. The van der Waals surface area contributed by atoms with E-state index >= 15 is 0 Å². The summed E-state index contributed by atoms with van der Waals surface area (Å²) < 4.78 is 29.8. The molecule has 3 heterocycles. The van der Waals surface area contributed by atoms with E-state index in [1.807, 2.05) is 31.7 Å². The number of benzene rings is 1. The van der Waals surface area contributed by atoms with Crippen LogP contribution in [0.2, 0.25) is 0 Å². The molecule has 4 rings (SSSR count). The zero-order valence-corrected chi connectivity index (χ0v) is 15.9. The highest BCUT2D eigenvalue weighted by Gasteiger charge is 2.30. The van der Waals surface area contributed by atoms with Gasteiger partial charge < -0.3 is 15.0 Å². The molecule has 0 unspecified atom stereocenters. The van der Waals surface area contributed by atoms with Crippen LogP contribution in [0.15, 0.2) is 18.5 Å². The van der Waals surface area contributed by atoms with Crippen molar-refractivity contribution < 1.29 is 13.2 Å². The summed E-state index contributed by atoms with van der Waals surface area (Å²) in [4.78, 5) is 10.9. The molecule has 1 saturated heterocycles. The van der Waals surface area contributed by atoms with Gasteiger partial charge in [0.2, 0.25) is 0 Å². The number of rotatable bonds is 1. The Morgan fingerprint density at radius 2 is 1.92 bits per heavy atom. The summed E-state index contributed by atoms with van der Waals surface area (Å²) >= 11 is 0. The molecule has 0 radical (unpaired) electrons. The van der Waals surface area contributed by atoms with E-state index in [0.717, 1.165) is 33.9 Å². The van der Waals surface area contributed by atoms with Crippen LogP contribution in [0.1, 0.15) is 29.7 Å². The van der Waals surface area contributed by atoms with E-state index in [0.29, 0.717) is 18.9 Å². The van der Waals surface area contributed by atoms with Crippen LogP contribution in [0.25, 0.3) is 0 Å². The molecule has 138 valence electrons. The van der Waals surface area contributed by atoms with Crippen molar-refractivity contribution >= 4 is 27.2 Å². The molecule has 0 amide bonds. The number of aromatic nitrogens is 2. The first-order chi connectivity index (χ1) is 12.3. The van der Waals surface area contributed by atoms with E-state index in [-0.39, 0.29) is 17.6 Å². The van der Waals surface area contributed by atoms with Crippen molar-refractivity contribution in [2.24, 2.45) is 0 Å². The van der Waals surface area contributed by atoms with Gasteiger partial charge in [-0.1, -0.05) is 6.07 Å². The average Bonchev–Trinajstić information content (AvgIpc) is 2.71. The first kappa shape index (κ1) is 17.1. The molecule has 0 aliphatic carbocycles. The minimum atomic E-state index is -2.95. The van der Waals surface area contributed by atoms with Gasteiger partial charge in [-0.05, 0) is 38.0 Å². The Morgan fingerprint density at radius 1 is 1.19 bits per heavy atom. The standard InChI is InChI=1S/C18H22N4O3S/c1-11-8-12(2)16-14(9-11)21-17-15(13(3)25-16)18(20-10-19-17)22-4-6-26(23,24)7-5-22/h8-10,13H,4-7H2,1-3H3,(H,19,20,21)/t13-/m1/s1. The number of fused-ring (bicyclic) bond motifs is 2. The molecule has 1 aromatic heterocycles. The summed E-state index contributed by atoms with van der Waals surface area (Å²) in [5.41, 5.74) is 3.95. The summed E-state index contributed by atoms with van der Waals surface area (Å²) in [6, 6.07) is 4.13. The average molecular weight is 374 g/mol. The van der Waals surface area contributed by atoms with Crippen LogP contribution in [0.3, 0.4) is 0 Å². The van der Waals surface area contributed by atoms with Crippen molar-refractivity contribution in [2.75, 3.05) is 34.8 Å². The SMILES string of the molecule is Cc1cc(C)c2c(c1)Nc1ncnc(N3CCS(=O)(=O)CC3)c1[C@@H](C)O2. The monoisotopic (exact) mass is 374 g/mol. The van der Waals surface area contributed by atoms with Crippen LogP contribution >= 0.6 is 0 Å². The number of sulfone groups is 1. The van der Waals surface area contributed by atoms with E-state index in [1.54, 1.807) is 0 Å². The fourth-order valence-electron chi connectivity index (χ4n) is 3.60. The van der Waals surface area contributed by atoms with Gasteiger partial charge in [0.25, 0.3) is 0 Å². The number of nitrogens with one attached hydrogen (secondary N) is 1. The predicted molar refractivity (Wildman–Crippen MR) is 101 cm³/mol. The summed E-state index contributed by atoms with van der Waals surface area (Å²) in [7, 11) is -2.95. The van der Waals surface area contributed by atoms with Crippen LogP contribution in [0, 0.1) is 13.8 Å². The lowest BCUT2D eigenvalue weighted by Crippen LogP contribution is -2.41. The third-order valence-corrected chi connectivity index (χ3v) is 6.49. The lowest BCUT2D eigenvalue weighted by molar-refractivity contribution is 0.229. The second-order valence-corrected chi connectivity index (χ2v) is 9.25. The number of hydrogen-bond acceptors (Lipinski definition) is 7. The quantitative estimate of drug-likeness (QED) is 0.821. The van der Waals surface area contributed by atoms with E-state index in [1.165, 1.54) is 6.33 Å². The molecule has 1 atom stereocenters. The Hall–Kier alpha value is -2.35. The van der Waals surface area contributed by atoms with Gasteiger partial charge in [-0.15, -0.1) is 0 Å². The zero-order valence-electron chi connectivity index (χ0n) is 15.1. The van der Waals surface area contributed by atoms with Crippen LogP contribution in [0.4, 0.5) is 17.3 Å². The van der Waals surface area contributed by atoms with Gasteiger partial charge >= 0.3 is 0 Å². The molecule has 0 saturated carbocycles. The first-order valence-electron chi connectivity index (χ1n) is 8.69. The van der Waals surface area contributed by atoms with Gasteiger partial charge in [0.05, 0.1) is 22.8 Å². The molecule has 0 spiro atoms. The Kier molecular flexibility index (Phi) is 4.02. The molecule has 2 aliphatic heterocycles. The van der Waals surface area contributed by atoms with Crippen LogP contribution < -0.4 is 15.0 Å². The normalized spacial score (nSPS) is 21.0. The molecule has 2 aliphatic rings. The van der Waals surface area contributed by atoms with E-state index in [2.05, 4.69) is 21.4 Å². The van der Waals surface area contributed by atoms with E-state index in [9.17, 15) is 8.42 Å². The van der Waals surface area contributed by atoms with Crippen molar-refractivity contribution in [3.05, 3.63) is 35.2 Å². The van der Waals surface area contributed by atoms with Gasteiger partial charge in [-0.2, -0.15) is 0 Å². The summed E-state index contributed by atoms with van der Waals surface area (Å²) in [6.45, 7) is 6.91. The minimum absolute atomic E-state index is 0.146. The molecular formula is C18H22N4O3S. The third kappa shape index (κ3) is 2.98. The molecule has 1 N–H and O–H groups in total. The molecule has 1 aromatic carbocycles. The maximum atomic E-state index is 11.8. The van der Waals surface area contributed by atoms with Gasteiger partial charge in [0, 0.05) is 13.1 Å². The molecule has 7 nitrogen and oxygen atoms in total. The smallest absolute Gasteiger partial charge is 0.153 e. The summed E-state index contributed by atoms with van der Waals surface area (Å²) in [6.07, 6.45) is 1.26. The Balaban J connectivity index is 1.76. The third-order valence-electron chi connectivity index (χ3n) is 4.88. The fraction of sp³-hybridized carbons (Fsp3) is 0.444. The molecule has 26 heavy (non-hydrogen) atoms. The highest BCUT2D eigenvalue weighted by molar-refractivity contribution is 7.91. The summed E-state index contributed by atoms with van der Waals surface area (Å²) in [5.74, 6) is 2.56. The van der Waals surface area contributed by atoms with E-state index < -0.39 is 9.84 Å². The van der Waals surface area contributed by atoms with Crippen molar-refractivity contribution in [3.63, 3.8) is 0 Å². The largest absolute Gasteiger partial charge is 0.483 e. The highest BCUT2D eigenvalue weighted by atomic mass is 32.2. The maximum Gasteiger partial charge on any atom is 0.153 e. The highest BCUT2D eigenvalue weighted by Crippen LogP contribution is 2.43. The number of ether oxygens (including phenoxy) is 1. The number of anilines is 3. The minimum Gasteiger partial charge on any atom is -0.483 e. The van der Waals surface area contributed by atoms with Crippen LogP contribution in [0.5, 0.6) is 5.75 Å². The van der Waals surface area contributed by atoms with Crippen LogP contribution in [-0.4, -0.2) is 43.0 Å². The van der Waals surface area contributed by atoms with Crippen molar-refractivity contribution in [1.82, 2.24) is 9.97 Å².